The molecule has 2 N–H and O–H groups in total. The molecule has 0 bridgehead atoms. The van der Waals surface area contributed by atoms with Crippen molar-refractivity contribution in [1.29, 1.82) is 0 Å². The van der Waals surface area contributed by atoms with Crippen LogP contribution in [0.2, 0.25) is 0 Å². The van der Waals surface area contributed by atoms with Gasteiger partial charge in [-0.2, -0.15) is 0 Å². The fraction of sp³-hybridized carbons (Fsp3) is 0.417. The Balaban J connectivity index is 2.34. The first-order chi connectivity index (χ1) is 7.14. The summed E-state index contributed by atoms with van der Waals surface area (Å²) in [7, 11) is 0. The summed E-state index contributed by atoms with van der Waals surface area (Å²) >= 11 is 0. The normalized spacial score (nSPS) is 24.0. The molecule has 0 radical (unpaired) electrons. The molecule has 3 nitrogen and oxygen atoms in total. The first kappa shape index (κ1) is 10.0. The highest BCUT2D eigenvalue weighted by Crippen LogP contribution is 2.26. The summed E-state index contributed by atoms with van der Waals surface area (Å²) in [6.45, 7) is 4.13. The lowest BCUT2D eigenvalue weighted by molar-refractivity contribution is 0.0903. The molecular weight excluding hydrogens is 188 g/mol. The Morgan fingerprint density at radius 1 is 1.27 bits per heavy atom. The maximum atomic E-state index is 11.8. The molecule has 1 aliphatic heterocycles. The third kappa shape index (κ3) is 1.82. The highest BCUT2D eigenvalue weighted by molar-refractivity contribution is 6.02. The zero-order valence-corrected chi connectivity index (χ0v) is 9.13. The Morgan fingerprint density at radius 3 is 2.73 bits per heavy atom. The average molecular weight is 204 g/mol. The molecule has 2 rings (SSSR count). The van der Waals surface area contributed by atoms with E-state index in [2.05, 4.69) is 17.6 Å². The van der Waals surface area contributed by atoms with Gasteiger partial charge >= 0.3 is 0 Å². The highest BCUT2D eigenvalue weighted by atomic mass is 16.2. The minimum absolute atomic E-state index is 0.0142. The van der Waals surface area contributed by atoms with Crippen molar-refractivity contribution in [3.05, 3.63) is 29.8 Å². The fourth-order valence-corrected chi connectivity index (χ4v) is 2.06. The second-order valence-electron chi connectivity index (χ2n) is 4.21. The van der Waals surface area contributed by atoms with Crippen molar-refractivity contribution < 1.29 is 4.79 Å². The van der Waals surface area contributed by atoms with E-state index in [1.165, 1.54) is 0 Å². The maximum Gasteiger partial charge on any atom is 0.255 e. The average Bonchev–Trinajstić information content (AvgIpc) is 2.17. The van der Waals surface area contributed by atoms with Gasteiger partial charge in [-0.05, 0) is 25.5 Å². The molecule has 3 heteroatoms. The molecule has 15 heavy (non-hydrogen) atoms. The van der Waals surface area contributed by atoms with Gasteiger partial charge in [-0.1, -0.05) is 25.5 Å². The summed E-state index contributed by atoms with van der Waals surface area (Å²) in [5.74, 6) is 0.0142. The van der Waals surface area contributed by atoms with Crippen molar-refractivity contribution >= 4 is 11.6 Å². The quantitative estimate of drug-likeness (QED) is 0.776. The van der Waals surface area contributed by atoms with E-state index in [4.69, 9.17) is 0 Å². The number of hydrogen-bond donors (Lipinski definition) is 2. The first-order valence-electron chi connectivity index (χ1n) is 5.34. The number of amides is 1. The van der Waals surface area contributed by atoms with E-state index < -0.39 is 0 Å². The largest absolute Gasteiger partial charge is 0.362 e. The topological polar surface area (TPSA) is 41.1 Å². The highest BCUT2D eigenvalue weighted by Gasteiger charge is 2.31. The van der Waals surface area contributed by atoms with E-state index in [9.17, 15) is 4.79 Å². The van der Waals surface area contributed by atoms with Crippen LogP contribution in [0.25, 0.3) is 0 Å². The number of para-hydroxylation sites is 1. The standard InChI is InChI=1S/C12H16N2O/c1-3-8-12(2)13-10-7-5-4-6-9(10)11(15)14-12/h4-7,13H,3,8H2,1-2H3,(H,14,15)/t12-/m0/s1. The van der Waals surface area contributed by atoms with E-state index >= 15 is 0 Å². The minimum atomic E-state index is -0.305. The number of fused-ring (bicyclic) bond motifs is 1. The van der Waals surface area contributed by atoms with Gasteiger partial charge in [0, 0.05) is 5.69 Å². The van der Waals surface area contributed by atoms with Crippen LogP contribution >= 0.6 is 0 Å². The van der Waals surface area contributed by atoms with Gasteiger partial charge in [0.2, 0.25) is 0 Å². The van der Waals surface area contributed by atoms with Crippen LogP contribution in [0.3, 0.4) is 0 Å². The number of hydrogen-bond acceptors (Lipinski definition) is 2. The van der Waals surface area contributed by atoms with Crippen molar-refractivity contribution in [3.63, 3.8) is 0 Å². The maximum absolute atomic E-state index is 11.8. The molecule has 0 fully saturated rings. The third-order valence-corrected chi connectivity index (χ3v) is 2.72. The molecular formula is C12H16N2O. The lowest BCUT2D eigenvalue weighted by Gasteiger charge is -2.37. The van der Waals surface area contributed by atoms with Crippen LogP contribution in [-0.2, 0) is 0 Å². The van der Waals surface area contributed by atoms with Crippen LogP contribution < -0.4 is 10.6 Å². The lowest BCUT2D eigenvalue weighted by atomic mass is 10.00. The van der Waals surface area contributed by atoms with Crippen LogP contribution in [0.1, 0.15) is 37.0 Å². The summed E-state index contributed by atoms with van der Waals surface area (Å²) in [5, 5.41) is 6.37. The zero-order valence-electron chi connectivity index (χ0n) is 9.13. The van der Waals surface area contributed by atoms with Gasteiger partial charge in [-0.15, -0.1) is 0 Å². The third-order valence-electron chi connectivity index (χ3n) is 2.72. The monoisotopic (exact) mass is 204 g/mol. The predicted molar refractivity (Wildman–Crippen MR) is 60.8 cm³/mol. The molecule has 1 aromatic carbocycles. The van der Waals surface area contributed by atoms with E-state index in [1.54, 1.807) is 0 Å². The van der Waals surface area contributed by atoms with Crippen LogP contribution in [0.5, 0.6) is 0 Å². The summed E-state index contributed by atoms with van der Waals surface area (Å²) in [4.78, 5) is 11.8. The van der Waals surface area contributed by atoms with Gasteiger partial charge in [0.1, 0.15) is 5.66 Å². The van der Waals surface area contributed by atoms with Crippen LogP contribution in [0.4, 0.5) is 5.69 Å². The SMILES string of the molecule is CCC[C@]1(C)NC(=O)c2ccccc2N1. The Morgan fingerprint density at radius 2 is 2.00 bits per heavy atom. The summed E-state index contributed by atoms with van der Waals surface area (Å²) in [6.07, 6.45) is 1.96. The van der Waals surface area contributed by atoms with Crippen LogP contribution in [-0.4, -0.2) is 11.6 Å². The van der Waals surface area contributed by atoms with E-state index in [0.29, 0.717) is 0 Å². The smallest absolute Gasteiger partial charge is 0.255 e. The Bertz CT molecular complexity index is 389. The zero-order chi connectivity index (χ0) is 10.9. The Kier molecular flexibility index (Phi) is 2.39. The molecule has 80 valence electrons. The summed E-state index contributed by atoms with van der Waals surface area (Å²) < 4.78 is 0. The number of carbonyl (C=O) groups excluding carboxylic acids is 1. The molecule has 0 spiro atoms. The van der Waals surface area contributed by atoms with Gasteiger partial charge in [0.05, 0.1) is 5.56 Å². The molecule has 0 unspecified atom stereocenters. The van der Waals surface area contributed by atoms with Crippen molar-refractivity contribution in [2.75, 3.05) is 5.32 Å². The predicted octanol–water partition coefficient (Wildman–Crippen LogP) is 2.36. The van der Waals surface area contributed by atoms with Gasteiger partial charge in [0.25, 0.3) is 5.91 Å². The second kappa shape index (κ2) is 3.57. The van der Waals surface area contributed by atoms with Gasteiger partial charge in [-0.25, -0.2) is 0 Å². The molecule has 1 atom stereocenters. The molecule has 0 aliphatic carbocycles. The Hall–Kier alpha value is -1.51. The van der Waals surface area contributed by atoms with Crippen LogP contribution in [0.15, 0.2) is 24.3 Å². The van der Waals surface area contributed by atoms with E-state index in [0.717, 1.165) is 24.1 Å². The number of rotatable bonds is 2. The van der Waals surface area contributed by atoms with Crippen molar-refractivity contribution in [2.45, 2.75) is 32.4 Å². The van der Waals surface area contributed by atoms with Gasteiger partial charge in [-0.3, -0.25) is 4.79 Å². The molecule has 0 saturated heterocycles. The van der Waals surface area contributed by atoms with Gasteiger partial charge in [0.15, 0.2) is 0 Å². The van der Waals surface area contributed by atoms with E-state index in [1.807, 2.05) is 31.2 Å². The fourth-order valence-electron chi connectivity index (χ4n) is 2.06. The molecule has 1 aliphatic rings. The van der Waals surface area contributed by atoms with Crippen molar-refractivity contribution in [1.82, 2.24) is 5.32 Å². The van der Waals surface area contributed by atoms with Crippen molar-refractivity contribution in [2.24, 2.45) is 0 Å². The number of nitrogens with one attached hydrogen (secondary N) is 2. The molecule has 1 amide bonds. The van der Waals surface area contributed by atoms with E-state index in [-0.39, 0.29) is 11.6 Å². The molecule has 0 saturated carbocycles. The summed E-state index contributed by atoms with van der Waals surface area (Å²) in [6, 6.07) is 7.60. The number of benzene rings is 1. The minimum Gasteiger partial charge on any atom is -0.362 e. The van der Waals surface area contributed by atoms with Crippen molar-refractivity contribution in [3.8, 4) is 0 Å². The lowest BCUT2D eigenvalue weighted by Crippen LogP contribution is -2.55. The Labute approximate surface area is 89.9 Å². The number of carbonyl (C=O) groups is 1. The number of anilines is 1. The van der Waals surface area contributed by atoms with Crippen LogP contribution in [0, 0.1) is 0 Å². The molecule has 1 heterocycles. The molecule has 0 aromatic heterocycles. The second-order valence-corrected chi connectivity index (χ2v) is 4.21. The first-order valence-corrected chi connectivity index (χ1v) is 5.34. The van der Waals surface area contributed by atoms with Gasteiger partial charge < -0.3 is 10.6 Å². The molecule has 1 aromatic rings. The summed E-state index contributed by atoms with van der Waals surface area (Å²) in [5.41, 5.74) is 1.35.